The first-order chi connectivity index (χ1) is 14.0. The predicted molar refractivity (Wildman–Crippen MR) is 115 cm³/mol. The van der Waals surface area contributed by atoms with Crippen LogP contribution in [-0.4, -0.2) is 38.3 Å². The van der Waals surface area contributed by atoms with E-state index in [1.807, 2.05) is 37.3 Å². The molecular formula is C22H24N2O4S. The van der Waals surface area contributed by atoms with Crippen LogP contribution in [0, 0.1) is 0 Å². The molecule has 0 aliphatic rings. The summed E-state index contributed by atoms with van der Waals surface area (Å²) in [5.41, 5.74) is 0.513. The van der Waals surface area contributed by atoms with Crippen LogP contribution in [0.2, 0.25) is 0 Å². The van der Waals surface area contributed by atoms with Gasteiger partial charge >= 0.3 is 0 Å². The molecule has 29 heavy (non-hydrogen) atoms. The van der Waals surface area contributed by atoms with Gasteiger partial charge in [-0.3, -0.25) is 4.79 Å². The van der Waals surface area contributed by atoms with Crippen LogP contribution in [-0.2, 0) is 14.8 Å². The summed E-state index contributed by atoms with van der Waals surface area (Å²) in [4.78, 5) is 12.7. The highest BCUT2D eigenvalue weighted by atomic mass is 32.2. The molecule has 0 aromatic heterocycles. The molecule has 0 unspecified atom stereocenters. The summed E-state index contributed by atoms with van der Waals surface area (Å²) in [6, 6.07) is 19.6. The minimum Gasteiger partial charge on any atom is -0.492 e. The molecule has 0 radical (unpaired) electrons. The number of ether oxygens (including phenoxy) is 1. The molecule has 0 aliphatic carbocycles. The topological polar surface area (TPSA) is 75.7 Å². The summed E-state index contributed by atoms with van der Waals surface area (Å²) in [5.74, 6) is 0.118. The third-order valence-corrected chi connectivity index (χ3v) is 6.41. The Balaban J connectivity index is 1.80. The monoisotopic (exact) mass is 412 g/mol. The van der Waals surface area contributed by atoms with Crippen molar-refractivity contribution in [3.05, 3.63) is 66.7 Å². The second-order valence-electron chi connectivity index (χ2n) is 6.42. The lowest BCUT2D eigenvalue weighted by Gasteiger charge is -2.21. The summed E-state index contributed by atoms with van der Waals surface area (Å²) in [7, 11) is -3.81. The predicted octanol–water partition coefficient (Wildman–Crippen LogP) is 3.89. The van der Waals surface area contributed by atoms with E-state index >= 15 is 0 Å². The van der Waals surface area contributed by atoms with Gasteiger partial charge in [0.25, 0.3) is 0 Å². The number of nitrogens with zero attached hydrogens (tertiary/aromatic N) is 1. The highest BCUT2D eigenvalue weighted by molar-refractivity contribution is 7.89. The fourth-order valence-electron chi connectivity index (χ4n) is 3.04. The minimum absolute atomic E-state index is 0.167. The number of nitrogens with one attached hydrogen (secondary N) is 1. The van der Waals surface area contributed by atoms with Gasteiger partial charge in [0.05, 0.1) is 23.7 Å². The zero-order valence-electron chi connectivity index (χ0n) is 16.5. The number of hydrogen-bond acceptors (Lipinski definition) is 4. The van der Waals surface area contributed by atoms with Gasteiger partial charge in [-0.25, -0.2) is 8.42 Å². The van der Waals surface area contributed by atoms with Gasteiger partial charge in [0.1, 0.15) is 5.75 Å². The smallest absolute Gasteiger partial charge is 0.243 e. The van der Waals surface area contributed by atoms with Crippen LogP contribution in [0.5, 0.6) is 5.75 Å². The molecule has 3 rings (SSSR count). The second-order valence-corrected chi connectivity index (χ2v) is 8.36. The van der Waals surface area contributed by atoms with E-state index in [1.165, 1.54) is 0 Å². The van der Waals surface area contributed by atoms with Crippen molar-refractivity contribution in [3.63, 3.8) is 0 Å². The molecule has 0 saturated heterocycles. The van der Waals surface area contributed by atoms with Crippen molar-refractivity contribution in [1.82, 2.24) is 4.31 Å². The summed E-state index contributed by atoms with van der Waals surface area (Å²) >= 11 is 0. The molecule has 1 N–H and O–H groups in total. The van der Waals surface area contributed by atoms with Crippen LogP contribution in [0.3, 0.4) is 0 Å². The molecule has 3 aromatic carbocycles. The number of carbonyl (C=O) groups excluding carboxylic acids is 1. The lowest BCUT2D eigenvalue weighted by Crippen LogP contribution is -2.37. The van der Waals surface area contributed by atoms with Gasteiger partial charge in [-0.05, 0) is 42.0 Å². The molecule has 1 amide bonds. The fraction of sp³-hybridized carbons (Fsp3) is 0.227. The molecule has 3 aromatic rings. The van der Waals surface area contributed by atoms with Crippen molar-refractivity contribution >= 4 is 32.4 Å². The van der Waals surface area contributed by atoms with Gasteiger partial charge in [-0.2, -0.15) is 4.31 Å². The van der Waals surface area contributed by atoms with Crippen molar-refractivity contribution in [1.29, 1.82) is 0 Å². The van der Waals surface area contributed by atoms with Gasteiger partial charge in [0.2, 0.25) is 15.9 Å². The molecule has 7 heteroatoms. The quantitative estimate of drug-likeness (QED) is 0.609. The van der Waals surface area contributed by atoms with Crippen LogP contribution in [0.25, 0.3) is 10.8 Å². The Hall–Kier alpha value is -2.90. The number of fused-ring (bicyclic) bond motifs is 1. The third-order valence-electron chi connectivity index (χ3n) is 4.49. The molecule has 0 saturated carbocycles. The molecule has 6 nitrogen and oxygen atoms in total. The van der Waals surface area contributed by atoms with Crippen LogP contribution >= 0.6 is 0 Å². The second kappa shape index (κ2) is 9.07. The normalized spacial score (nSPS) is 11.6. The van der Waals surface area contributed by atoms with E-state index in [4.69, 9.17) is 4.74 Å². The van der Waals surface area contributed by atoms with Gasteiger partial charge in [0.15, 0.2) is 0 Å². The van der Waals surface area contributed by atoms with E-state index in [9.17, 15) is 13.2 Å². The molecule has 0 aliphatic heterocycles. The standard InChI is InChI=1S/C22H24N2O4S/c1-3-24(16-22(25)23-20-11-7-8-12-21(20)28-4-2)29(26,27)19-14-13-17-9-5-6-10-18(17)15-19/h5-15H,3-4,16H2,1-2H3,(H,23,25). The molecule has 0 fully saturated rings. The maximum absolute atomic E-state index is 13.1. The number of rotatable bonds is 8. The first-order valence-corrected chi connectivity index (χ1v) is 10.9. The summed E-state index contributed by atoms with van der Waals surface area (Å²) in [6.07, 6.45) is 0. The zero-order chi connectivity index (χ0) is 20.9. The Bertz CT molecular complexity index is 1110. The number of hydrogen-bond donors (Lipinski definition) is 1. The maximum Gasteiger partial charge on any atom is 0.243 e. The SMILES string of the molecule is CCOc1ccccc1NC(=O)CN(CC)S(=O)(=O)c1ccc2ccccc2c1. The Morgan fingerprint density at radius 2 is 1.66 bits per heavy atom. The highest BCUT2D eigenvalue weighted by Gasteiger charge is 2.25. The van der Waals surface area contributed by atoms with Crippen LogP contribution in [0.4, 0.5) is 5.69 Å². The van der Waals surface area contributed by atoms with Gasteiger partial charge in [-0.15, -0.1) is 0 Å². The maximum atomic E-state index is 13.1. The number of benzene rings is 3. The number of likely N-dealkylation sites (N-methyl/N-ethyl adjacent to an activating group) is 1. The third kappa shape index (κ3) is 4.75. The Kier molecular flexibility index (Phi) is 6.51. The van der Waals surface area contributed by atoms with Crippen molar-refractivity contribution in [2.75, 3.05) is 25.0 Å². The summed E-state index contributed by atoms with van der Waals surface area (Å²) < 4.78 is 32.8. The van der Waals surface area contributed by atoms with Crippen molar-refractivity contribution in [2.45, 2.75) is 18.7 Å². The number of anilines is 1. The lowest BCUT2D eigenvalue weighted by molar-refractivity contribution is -0.116. The van der Waals surface area contributed by atoms with E-state index in [-0.39, 0.29) is 18.0 Å². The van der Waals surface area contributed by atoms with Crippen molar-refractivity contribution in [2.24, 2.45) is 0 Å². The Morgan fingerprint density at radius 3 is 2.38 bits per heavy atom. The number of para-hydroxylation sites is 2. The van der Waals surface area contributed by atoms with Crippen LogP contribution in [0.15, 0.2) is 71.6 Å². The summed E-state index contributed by atoms with van der Waals surface area (Å²) in [6.45, 7) is 3.92. The number of sulfonamides is 1. The average Bonchev–Trinajstić information content (AvgIpc) is 2.73. The van der Waals surface area contributed by atoms with E-state index in [0.717, 1.165) is 15.1 Å². The first kappa shape index (κ1) is 20.8. The molecule has 0 atom stereocenters. The van der Waals surface area contributed by atoms with E-state index in [2.05, 4.69) is 5.32 Å². The van der Waals surface area contributed by atoms with E-state index < -0.39 is 15.9 Å². The Morgan fingerprint density at radius 1 is 0.966 bits per heavy atom. The van der Waals surface area contributed by atoms with Crippen molar-refractivity contribution in [3.8, 4) is 5.75 Å². The Labute approximate surface area is 171 Å². The zero-order valence-corrected chi connectivity index (χ0v) is 17.3. The van der Waals surface area contributed by atoms with Crippen LogP contribution < -0.4 is 10.1 Å². The molecule has 0 heterocycles. The highest BCUT2D eigenvalue weighted by Crippen LogP contribution is 2.25. The summed E-state index contributed by atoms with van der Waals surface area (Å²) in [5, 5.41) is 4.53. The number of amides is 1. The fourth-order valence-corrected chi connectivity index (χ4v) is 4.49. The van der Waals surface area contributed by atoms with E-state index in [0.29, 0.717) is 18.0 Å². The van der Waals surface area contributed by atoms with Gasteiger partial charge in [-0.1, -0.05) is 49.4 Å². The van der Waals surface area contributed by atoms with Crippen molar-refractivity contribution < 1.29 is 17.9 Å². The van der Waals surface area contributed by atoms with E-state index in [1.54, 1.807) is 43.3 Å². The minimum atomic E-state index is -3.81. The molecular weight excluding hydrogens is 388 g/mol. The average molecular weight is 413 g/mol. The lowest BCUT2D eigenvalue weighted by atomic mass is 10.1. The number of carbonyl (C=O) groups is 1. The van der Waals surface area contributed by atoms with Crippen LogP contribution in [0.1, 0.15) is 13.8 Å². The first-order valence-electron chi connectivity index (χ1n) is 9.46. The molecule has 152 valence electrons. The van der Waals surface area contributed by atoms with Gasteiger partial charge < -0.3 is 10.1 Å². The molecule has 0 bridgehead atoms. The van der Waals surface area contributed by atoms with Gasteiger partial charge in [0, 0.05) is 6.54 Å². The largest absolute Gasteiger partial charge is 0.492 e. The molecule has 0 spiro atoms.